The van der Waals surface area contributed by atoms with Gasteiger partial charge in [-0.3, -0.25) is 0 Å². The first-order valence-electron chi connectivity index (χ1n) is 6.08. The van der Waals surface area contributed by atoms with E-state index in [0.29, 0.717) is 12.0 Å². The first-order valence-corrected chi connectivity index (χ1v) is 6.08. The lowest BCUT2D eigenvalue weighted by atomic mass is 9.94. The average Bonchev–Trinajstić information content (AvgIpc) is 2.29. The fraction of sp³-hybridized carbons (Fsp3) is 0.467. The summed E-state index contributed by atoms with van der Waals surface area (Å²) in [6.07, 6.45) is 4.97. The van der Waals surface area contributed by atoms with E-state index in [4.69, 9.17) is 4.74 Å². The Bertz CT molecular complexity index is 353. The normalized spacial score (nSPS) is 25.2. The predicted molar refractivity (Wildman–Crippen MR) is 67.4 cm³/mol. The van der Waals surface area contributed by atoms with Crippen LogP contribution in [0.15, 0.2) is 42.0 Å². The quantitative estimate of drug-likeness (QED) is 0.701. The van der Waals surface area contributed by atoms with Crippen LogP contribution in [0.4, 0.5) is 0 Å². The Kier molecular flexibility index (Phi) is 3.79. The van der Waals surface area contributed by atoms with Gasteiger partial charge < -0.3 is 4.74 Å². The van der Waals surface area contributed by atoms with Gasteiger partial charge in [-0.2, -0.15) is 0 Å². The van der Waals surface area contributed by atoms with Crippen molar-refractivity contribution in [1.82, 2.24) is 0 Å². The molecule has 16 heavy (non-hydrogen) atoms. The molecule has 0 spiro atoms. The van der Waals surface area contributed by atoms with Crippen molar-refractivity contribution in [3.8, 4) is 0 Å². The lowest BCUT2D eigenvalue weighted by molar-refractivity contribution is 0.0273. The fourth-order valence-electron chi connectivity index (χ4n) is 2.29. The van der Waals surface area contributed by atoms with Crippen molar-refractivity contribution >= 4 is 0 Å². The molecule has 0 saturated carbocycles. The van der Waals surface area contributed by atoms with E-state index in [1.54, 1.807) is 0 Å². The van der Waals surface area contributed by atoms with Crippen LogP contribution in [0.5, 0.6) is 0 Å². The molecule has 0 unspecified atom stereocenters. The van der Waals surface area contributed by atoms with Gasteiger partial charge >= 0.3 is 0 Å². The average molecular weight is 216 g/mol. The maximum Gasteiger partial charge on any atom is 0.0678 e. The molecule has 0 bridgehead atoms. The second kappa shape index (κ2) is 5.31. The van der Waals surface area contributed by atoms with Crippen LogP contribution in [0.1, 0.15) is 25.8 Å². The van der Waals surface area contributed by atoms with E-state index in [9.17, 15) is 0 Å². The molecule has 1 aliphatic heterocycles. The van der Waals surface area contributed by atoms with Gasteiger partial charge in [-0.25, -0.2) is 0 Å². The Morgan fingerprint density at radius 1 is 1.25 bits per heavy atom. The van der Waals surface area contributed by atoms with Crippen LogP contribution in [0.2, 0.25) is 0 Å². The fourth-order valence-corrected chi connectivity index (χ4v) is 2.29. The Labute approximate surface area is 98.1 Å². The van der Waals surface area contributed by atoms with E-state index in [1.165, 1.54) is 11.1 Å². The van der Waals surface area contributed by atoms with E-state index in [1.807, 2.05) is 0 Å². The molecular weight excluding hydrogens is 196 g/mol. The molecule has 1 aromatic carbocycles. The highest BCUT2D eigenvalue weighted by Gasteiger charge is 2.20. The lowest BCUT2D eigenvalue weighted by Crippen LogP contribution is -2.26. The highest BCUT2D eigenvalue weighted by atomic mass is 16.5. The zero-order chi connectivity index (χ0) is 11.4. The SMILES string of the molecule is CC1=C[C@H](C)[C@@H](CCc2ccccc2)OC1. The molecule has 86 valence electrons. The van der Waals surface area contributed by atoms with Gasteiger partial charge in [0, 0.05) is 5.92 Å². The number of benzene rings is 1. The second-order valence-electron chi connectivity index (χ2n) is 4.75. The van der Waals surface area contributed by atoms with Crippen molar-refractivity contribution in [3.05, 3.63) is 47.5 Å². The van der Waals surface area contributed by atoms with Crippen LogP contribution >= 0.6 is 0 Å². The van der Waals surface area contributed by atoms with Crippen molar-refractivity contribution in [2.45, 2.75) is 32.8 Å². The molecule has 0 fully saturated rings. The van der Waals surface area contributed by atoms with E-state index in [0.717, 1.165) is 19.4 Å². The standard InChI is InChI=1S/C15H20O/c1-12-10-13(2)15(16-11-12)9-8-14-6-4-3-5-7-14/h3-7,10,13,15H,8-9,11H2,1-2H3/t13-,15+/m0/s1. The molecular formula is C15H20O. The van der Waals surface area contributed by atoms with Crippen LogP contribution in [-0.4, -0.2) is 12.7 Å². The molecule has 1 heterocycles. The summed E-state index contributed by atoms with van der Waals surface area (Å²) in [5.41, 5.74) is 2.77. The van der Waals surface area contributed by atoms with Crippen LogP contribution < -0.4 is 0 Å². The van der Waals surface area contributed by atoms with Gasteiger partial charge in [-0.15, -0.1) is 0 Å². The molecule has 1 heteroatoms. The Hall–Kier alpha value is -1.08. The molecule has 0 N–H and O–H groups in total. The molecule has 1 nitrogen and oxygen atoms in total. The second-order valence-corrected chi connectivity index (χ2v) is 4.75. The molecule has 2 rings (SSSR count). The van der Waals surface area contributed by atoms with E-state index in [-0.39, 0.29) is 0 Å². The van der Waals surface area contributed by atoms with Gasteiger partial charge in [0.1, 0.15) is 0 Å². The van der Waals surface area contributed by atoms with E-state index >= 15 is 0 Å². The molecule has 0 aliphatic carbocycles. The third-order valence-electron chi connectivity index (χ3n) is 3.22. The molecule has 0 radical (unpaired) electrons. The first-order chi connectivity index (χ1) is 7.75. The monoisotopic (exact) mass is 216 g/mol. The molecule has 1 aromatic rings. The summed E-state index contributed by atoms with van der Waals surface area (Å²) < 4.78 is 5.86. The van der Waals surface area contributed by atoms with Gasteiger partial charge in [0.2, 0.25) is 0 Å². The number of aryl methyl sites for hydroxylation is 1. The highest BCUT2D eigenvalue weighted by molar-refractivity contribution is 5.15. The van der Waals surface area contributed by atoms with Gasteiger partial charge in [0.15, 0.2) is 0 Å². The highest BCUT2D eigenvalue weighted by Crippen LogP contribution is 2.22. The summed E-state index contributed by atoms with van der Waals surface area (Å²) in [6, 6.07) is 10.6. The number of hydrogen-bond donors (Lipinski definition) is 0. The minimum Gasteiger partial charge on any atom is -0.373 e. The Morgan fingerprint density at radius 3 is 2.69 bits per heavy atom. The van der Waals surface area contributed by atoms with E-state index < -0.39 is 0 Å². The predicted octanol–water partition coefficient (Wildman–Crippen LogP) is 3.60. The smallest absolute Gasteiger partial charge is 0.0678 e. The zero-order valence-corrected chi connectivity index (χ0v) is 10.1. The minimum absolute atomic E-state index is 0.393. The maximum atomic E-state index is 5.86. The topological polar surface area (TPSA) is 9.23 Å². The maximum absolute atomic E-state index is 5.86. The van der Waals surface area contributed by atoms with Crippen LogP contribution in [-0.2, 0) is 11.2 Å². The summed E-state index contributed by atoms with van der Waals surface area (Å²) in [6.45, 7) is 5.20. The largest absolute Gasteiger partial charge is 0.373 e. The minimum atomic E-state index is 0.393. The summed E-state index contributed by atoms with van der Waals surface area (Å²) in [5, 5.41) is 0. The van der Waals surface area contributed by atoms with Crippen molar-refractivity contribution in [2.75, 3.05) is 6.61 Å². The third kappa shape index (κ3) is 2.96. The van der Waals surface area contributed by atoms with Crippen LogP contribution in [0.3, 0.4) is 0 Å². The van der Waals surface area contributed by atoms with Crippen molar-refractivity contribution in [2.24, 2.45) is 5.92 Å². The third-order valence-corrected chi connectivity index (χ3v) is 3.22. The Balaban J connectivity index is 1.87. The molecule has 1 aliphatic rings. The van der Waals surface area contributed by atoms with Crippen LogP contribution in [0.25, 0.3) is 0 Å². The van der Waals surface area contributed by atoms with Crippen molar-refractivity contribution < 1.29 is 4.74 Å². The molecule has 2 atom stereocenters. The zero-order valence-electron chi connectivity index (χ0n) is 10.1. The summed E-state index contributed by atoms with van der Waals surface area (Å²) >= 11 is 0. The number of ether oxygens (including phenoxy) is 1. The van der Waals surface area contributed by atoms with Crippen molar-refractivity contribution in [1.29, 1.82) is 0 Å². The van der Waals surface area contributed by atoms with Gasteiger partial charge in [-0.1, -0.05) is 48.9 Å². The summed E-state index contributed by atoms with van der Waals surface area (Å²) in [5.74, 6) is 0.553. The first kappa shape index (κ1) is 11.4. The number of rotatable bonds is 3. The summed E-state index contributed by atoms with van der Waals surface area (Å²) in [4.78, 5) is 0. The van der Waals surface area contributed by atoms with Crippen molar-refractivity contribution in [3.63, 3.8) is 0 Å². The van der Waals surface area contributed by atoms with Gasteiger partial charge in [0.05, 0.1) is 12.7 Å². The summed E-state index contributed by atoms with van der Waals surface area (Å²) in [7, 11) is 0. The van der Waals surface area contributed by atoms with Crippen LogP contribution in [0, 0.1) is 5.92 Å². The van der Waals surface area contributed by atoms with Gasteiger partial charge in [0.25, 0.3) is 0 Å². The van der Waals surface area contributed by atoms with Gasteiger partial charge in [-0.05, 0) is 25.3 Å². The molecule has 0 aromatic heterocycles. The van der Waals surface area contributed by atoms with E-state index in [2.05, 4.69) is 50.3 Å². The molecule has 0 amide bonds. The molecule has 0 saturated heterocycles. The number of hydrogen-bond acceptors (Lipinski definition) is 1. The lowest BCUT2D eigenvalue weighted by Gasteiger charge is -2.27. The Morgan fingerprint density at radius 2 is 2.00 bits per heavy atom.